The van der Waals surface area contributed by atoms with Gasteiger partial charge < -0.3 is 20.9 Å². The van der Waals surface area contributed by atoms with Gasteiger partial charge in [-0.05, 0) is 36.8 Å². The fourth-order valence-electron chi connectivity index (χ4n) is 3.11. The summed E-state index contributed by atoms with van der Waals surface area (Å²) >= 11 is 0. The Morgan fingerprint density at radius 2 is 1.50 bits per heavy atom. The monoisotopic (exact) mass is 643 g/mol. The van der Waals surface area contributed by atoms with Crippen LogP contribution >= 0.6 is 0 Å². The summed E-state index contributed by atoms with van der Waals surface area (Å²) in [5.74, 6) is -16.2. The Labute approximate surface area is 252 Å². The predicted molar refractivity (Wildman–Crippen MR) is 149 cm³/mol. The molecule has 2 rings (SSSR count). The average Bonchev–Trinajstić information content (AvgIpc) is 3.29. The molecule has 0 bridgehead atoms. The number of nitrogens with zero attached hydrogens (tertiary/aromatic N) is 2. The molecule has 0 radical (unpaired) electrons. The first kappa shape index (κ1) is 42.2. The lowest BCUT2D eigenvalue weighted by molar-refractivity contribution is -0.344. The summed E-state index contributed by atoms with van der Waals surface area (Å²) in [5.41, 5.74) is 1.33. The predicted octanol–water partition coefficient (Wildman–Crippen LogP) is 5.14. The number of carbonyl (C=O) groups is 4. The van der Waals surface area contributed by atoms with Crippen molar-refractivity contribution in [1.82, 2.24) is 15.5 Å². The number of amides is 4. The smallest absolute Gasteiger partial charge is 0.362 e. The van der Waals surface area contributed by atoms with E-state index in [0.717, 1.165) is 17.5 Å². The van der Waals surface area contributed by atoms with Gasteiger partial charge in [0, 0.05) is 31.7 Å². The minimum absolute atomic E-state index is 0.00306. The number of rotatable bonds is 8. The molecular formula is C28H40F7N5O4. The number of likely N-dealkylation sites (tertiary alicyclic amines) is 1. The summed E-state index contributed by atoms with van der Waals surface area (Å²) in [7, 11) is 1.56. The second kappa shape index (κ2) is 18.7. The van der Waals surface area contributed by atoms with Crippen molar-refractivity contribution in [3.05, 3.63) is 30.3 Å². The summed E-state index contributed by atoms with van der Waals surface area (Å²) in [6.07, 6.45) is -5.59. The minimum Gasteiger partial charge on any atom is -0.362 e. The first-order valence-electron chi connectivity index (χ1n) is 13.2. The Morgan fingerprint density at radius 3 is 1.89 bits per heavy atom. The zero-order chi connectivity index (χ0) is 34.9. The van der Waals surface area contributed by atoms with Crippen LogP contribution in [0.4, 0.5) is 36.4 Å². The molecule has 16 heteroatoms. The normalized spacial score (nSPS) is 17.0. The highest BCUT2D eigenvalue weighted by atomic mass is 19.4. The van der Waals surface area contributed by atoms with Crippen LogP contribution < -0.4 is 16.0 Å². The molecule has 1 aromatic carbocycles. The third-order valence-corrected chi connectivity index (χ3v) is 4.99. The number of alkyl halides is 7. The molecule has 3 N–H and O–H groups in total. The number of hydrogen-bond donors (Lipinski definition) is 3. The molecule has 3 atom stereocenters. The molecule has 1 fully saturated rings. The van der Waals surface area contributed by atoms with E-state index in [4.69, 9.17) is 10.1 Å². The topological polar surface area (TPSA) is 131 Å². The Kier molecular flexibility index (Phi) is 17.9. The van der Waals surface area contributed by atoms with Crippen LogP contribution in [0.5, 0.6) is 0 Å². The van der Waals surface area contributed by atoms with Crippen LogP contribution in [0.1, 0.15) is 54.4 Å². The number of para-hydroxylation sites is 1. The van der Waals surface area contributed by atoms with Gasteiger partial charge in [0.15, 0.2) is 0 Å². The van der Waals surface area contributed by atoms with Gasteiger partial charge in [-0.2, -0.15) is 36.0 Å². The molecule has 1 aliphatic heterocycles. The van der Waals surface area contributed by atoms with Crippen molar-refractivity contribution in [1.29, 1.82) is 5.26 Å². The fourth-order valence-corrected chi connectivity index (χ4v) is 3.11. The maximum Gasteiger partial charge on any atom is 0.460 e. The van der Waals surface area contributed by atoms with E-state index in [-0.39, 0.29) is 12.5 Å². The minimum atomic E-state index is -6.63. The van der Waals surface area contributed by atoms with Gasteiger partial charge in [-0.3, -0.25) is 19.2 Å². The lowest BCUT2D eigenvalue weighted by Gasteiger charge is -2.28. The highest BCUT2D eigenvalue weighted by Gasteiger charge is 2.76. The molecule has 1 saturated heterocycles. The van der Waals surface area contributed by atoms with Crippen molar-refractivity contribution in [2.45, 2.75) is 84.5 Å². The molecule has 1 aromatic rings. The zero-order valence-corrected chi connectivity index (χ0v) is 25.6. The van der Waals surface area contributed by atoms with Crippen LogP contribution in [0.3, 0.4) is 0 Å². The molecule has 4 amide bonds. The molecule has 44 heavy (non-hydrogen) atoms. The van der Waals surface area contributed by atoms with Gasteiger partial charge in [-0.1, -0.05) is 52.8 Å². The van der Waals surface area contributed by atoms with Crippen LogP contribution in [0.25, 0.3) is 0 Å². The van der Waals surface area contributed by atoms with Crippen molar-refractivity contribution in [3.63, 3.8) is 0 Å². The van der Waals surface area contributed by atoms with Gasteiger partial charge in [0.25, 0.3) is 5.91 Å². The molecule has 3 unspecified atom stereocenters. The Morgan fingerprint density at radius 1 is 1.02 bits per heavy atom. The summed E-state index contributed by atoms with van der Waals surface area (Å²) in [6, 6.07) is 8.96. The van der Waals surface area contributed by atoms with Crippen molar-refractivity contribution < 1.29 is 49.9 Å². The van der Waals surface area contributed by atoms with Crippen LogP contribution in [0.15, 0.2) is 30.3 Å². The first-order valence-corrected chi connectivity index (χ1v) is 13.2. The van der Waals surface area contributed by atoms with Gasteiger partial charge in [0.1, 0.15) is 6.04 Å². The SMILES string of the molecule is CC(C)(C)C.CC1CC(C#N)N(C(=O)CC(C)NC(=O)C(F)(F)C(F)(F)C(F)(F)F)C1.CNC=O.O=CNc1ccccc1. The maximum absolute atomic E-state index is 13.2. The zero-order valence-electron chi connectivity index (χ0n) is 25.6. The lowest BCUT2D eigenvalue weighted by atomic mass is 10.0. The molecule has 250 valence electrons. The van der Waals surface area contributed by atoms with Crippen molar-refractivity contribution >= 4 is 30.3 Å². The molecule has 9 nitrogen and oxygen atoms in total. The van der Waals surface area contributed by atoms with Crippen LogP contribution in [0.2, 0.25) is 0 Å². The highest BCUT2D eigenvalue weighted by Crippen LogP contribution is 2.46. The summed E-state index contributed by atoms with van der Waals surface area (Å²) in [5, 5.41) is 15.0. The second-order valence-electron chi connectivity index (χ2n) is 11.3. The third-order valence-electron chi connectivity index (χ3n) is 4.99. The first-order chi connectivity index (χ1) is 20.0. The maximum atomic E-state index is 13.2. The van der Waals surface area contributed by atoms with E-state index in [1.54, 1.807) is 14.0 Å². The van der Waals surface area contributed by atoms with Gasteiger partial charge in [0.05, 0.1) is 6.07 Å². The molecule has 0 spiro atoms. The molecule has 0 aromatic heterocycles. The number of nitrogens with one attached hydrogen (secondary N) is 3. The molecule has 1 aliphatic rings. The lowest BCUT2D eigenvalue weighted by Crippen LogP contribution is -2.60. The standard InChI is InChI=1S/C14H16F7N3O2.C7H7NO.C5H12.C2H5NO/c1-7-3-9(5-22)24(6-7)10(25)4-8(2)23-11(26)12(15,16)13(17,18)14(19,20)21;9-6-8-7-4-2-1-3-5-7;1-5(2,3)4;1-3-2-4/h7-9H,3-4,6H2,1-2H3,(H,23,26);1-6H,(H,8,9);1-4H3;2H,1H3,(H,3,4). The molecule has 0 aliphatic carbocycles. The van der Waals surface area contributed by atoms with Crippen molar-refractivity contribution in [2.75, 3.05) is 18.9 Å². The molecule has 1 heterocycles. The van der Waals surface area contributed by atoms with Gasteiger partial charge >= 0.3 is 18.0 Å². The van der Waals surface area contributed by atoms with E-state index in [9.17, 15) is 45.1 Å². The summed E-state index contributed by atoms with van der Waals surface area (Å²) in [4.78, 5) is 43.4. The van der Waals surface area contributed by atoms with E-state index >= 15 is 0 Å². The molecule has 0 saturated carbocycles. The van der Waals surface area contributed by atoms with E-state index in [1.807, 2.05) is 36.4 Å². The number of nitriles is 1. The summed E-state index contributed by atoms with van der Waals surface area (Å²) in [6.45, 7) is 11.7. The Bertz CT molecular complexity index is 1070. The van der Waals surface area contributed by atoms with E-state index < -0.39 is 48.3 Å². The van der Waals surface area contributed by atoms with Gasteiger partial charge in [-0.25, -0.2) is 0 Å². The van der Waals surface area contributed by atoms with Crippen LogP contribution in [0, 0.1) is 22.7 Å². The second-order valence-corrected chi connectivity index (χ2v) is 11.3. The quantitative estimate of drug-likeness (QED) is 0.267. The van der Waals surface area contributed by atoms with E-state index in [1.165, 1.54) is 5.32 Å². The van der Waals surface area contributed by atoms with E-state index in [0.29, 0.717) is 24.7 Å². The van der Waals surface area contributed by atoms with Crippen molar-refractivity contribution in [3.8, 4) is 6.07 Å². The number of benzene rings is 1. The summed E-state index contributed by atoms with van der Waals surface area (Å²) < 4.78 is 88.3. The van der Waals surface area contributed by atoms with Gasteiger partial charge in [-0.15, -0.1) is 0 Å². The number of hydrogen-bond acceptors (Lipinski definition) is 5. The highest BCUT2D eigenvalue weighted by molar-refractivity contribution is 5.86. The number of carbonyl (C=O) groups excluding carboxylic acids is 4. The molecular weight excluding hydrogens is 603 g/mol. The van der Waals surface area contributed by atoms with Crippen LogP contribution in [-0.4, -0.2) is 73.2 Å². The largest absolute Gasteiger partial charge is 0.460 e. The average molecular weight is 644 g/mol. The van der Waals surface area contributed by atoms with Crippen LogP contribution in [-0.2, 0) is 19.2 Å². The number of halogens is 7. The van der Waals surface area contributed by atoms with E-state index in [2.05, 4.69) is 38.3 Å². The number of anilines is 1. The fraction of sp³-hybridized carbons (Fsp3) is 0.607. The third kappa shape index (κ3) is 15.5. The Balaban J connectivity index is 0. The Hall–Kier alpha value is -3.90. The van der Waals surface area contributed by atoms with Crippen molar-refractivity contribution in [2.24, 2.45) is 11.3 Å². The van der Waals surface area contributed by atoms with Gasteiger partial charge in [0.2, 0.25) is 18.7 Å².